The van der Waals surface area contributed by atoms with Gasteiger partial charge < -0.3 is 10.1 Å². The van der Waals surface area contributed by atoms with Crippen LogP contribution >= 0.6 is 11.8 Å². The number of ether oxygens (including phenoxy) is 1. The Labute approximate surface area is 156 Å². The second-order valence-electron chi connectivity index (χ2n) is 6.20. The Balaban J connectivity index is 1.56. The van der Waals surface area contributed by atoms with E-state index in [-0.39, 0.29) is 24.7 Å². The number of ketones is 1. The SMILES string of the molecule is Cc1ccc(C(=O)COC(=O)C[C@H]2Sc3ccccc3NC2=O)c(C)c1. The largest absolute Gasteiger partial charge is 0.457 e. The lowest BCUT2D eigenvalue weighted by molar-refractivity contribution is -0.143. The van der Waals surface area contributed by atoms with Crippen molar-refractivity contribution in [3.63, 3.8) is 0 Å². The third-order valence-corrected chi connectivity index (χ3v) is 5.38. The first-order valence-corrected chi connectivity index (χ1v) is 9.14. The molecule has 1 N–H and O–H groups in total. The number of anilines is 1. The van der Waals surface area contributed by atoms with E-state index >= 15 is 0 Å². The lowest BCUT2D eigenvalue weighted by atomic mass is 10.0. The fourth-order valence-corrected chi connectivity index (χ4v) is 3.88. The molecule has 1 heterocycles. The van der Waals surface area contributed by atoms with Gasteiger partial charge in [-0.1, -0.05) is 35.9 Å². The molecule has 1 aliphatic heterocycles. The molecule has 26 heavy (non-hydrogen) atoms. The first-order chi connectivity index (χ1) is 12.4. The van der Waals surface area contributed by atoms with E-state index in [1.807, 2.05) is 50.2 Å². The summed E-state index contributed by atoms with van der Waals surface area (Å²) in [5.41, 5.74) is 3.21. The van der Waals surface area contributed by atoms with Crippen molar-refractivity contribution in [1.29, 1.82) is 0 Å². The van der Waals surface area contributed by atoms with E-state index in [1.54, 1.807) is 6.07 Å². The molecule has 1 atom stereocenters. The normalized spacial score (nSPS) is 15.8. The number of thioether (sulfide) groups is 1. The third kappa shape index (κ3) is 4.14. The van der Waals surface area contributed by atoms with Crippen LogP contribution in [0, 0.1) is 13.8 Å². The van der Waals surface area contributed by atoms with Crippen molar-refractivity contribution in [1.82, 2.24) is 0 Å². The molecule has 0 unspecified atom stereocenters. The number of carbonyl (C=O) groups excluding carboxylic acids is 3. The Hall–Kier alpha value is -2.60. The highest BCUT2D eigenvalue weighted by Crippen LogP contribution is 2.36. The minimum absolute atomic E-state index is 0.0784. The Bertz CT molecular complexity index is 878. The van der Waals surface area contributed by atoms with E-state index in [0.29, 0.717) is 5.56 Å². The zero-order valence-corrected chi connectivity index (χ0v) is 15.4. The fourth-order valence-electron chi connectivity index (χ4n) is 2.79. The molecule has 1 aliphatic rings. The molecule has 134 valence electrons. The summed E-state index contributed by atoms with van der Waals surface area (Å²) in [5, 5.41) is 2.22. The van der Waals surface area contributed by atoms with Gasteiger partial charge in [-0.3, -0.25) is 14.4 Å². The number of esters is 1. The second kappa shape index (κ2) is 7.74. The van der Waals surface area contributed by atoms with Gasteiger partial charge in [0.05, 0.1) is 17.4 Å². The first-order valence-electron chi connectivity index (χ1n) is 8.26. The topological polar surface area (TPSA) is 72.5 Å². The Kier molecular flexibility index (Phi) is 5.42. The van der Waals surface area contributed by atoms with Crippen molar-refractivity contribution in [2.75, 3.05) is 11.9 Å². The number of aryl methyl sites for hydroxylation is 2. The number of para-hydroxylation sites is 1. The van der Waals surface area contributed by atoms with E-state index in [0.717, 1.165) is 21.7 Å². The van der Waals surface area contributed by atoms with Crippen LogP contribution in [-0.2, 0) is 14.3 Å². The molecular formula is C20H19NO4S. The summed E-state index contributed by atoms with van der Waals surface area (Å²) >= 11 is 1.33. The standard InChI is InChI=1S/C20H19NO4S/c1-12-7-8-14(13(2)9-12)16(22)11-25-19(23)10-18-20(24)21-15-5-3-4-6-17(15)26-18/h3-9,18H,10-11H2,1-2H3,(H,21,24)/t18-/m1/s1. The third-order valence-electron chi connectivity index (χ3n) is 4.11. The maximum Gasteiger partial charge on any atom is 0.307 e. The summed E-state index contributed by atoms with van der Waals surface area (Å²) in [5.74, 6) is -1.04. The lowest BCUT2D eigenvalue weighted by Gasteiger charge is -2.23. The minimum Gasteiger partial charge on any atom is -0.457 e. The number of carbonyl (C=O) groups is 3. The van der Waals surface area contributed by atoms with Crippen molar-refractivity contribution in [2.24, 2.45) is 0 Å². The van der Waals surface area contributed by atoms with Crippen LogP contribution in [0.15, 0.2) is 47.4 Å². The summed E-state index contributed by atoms with van der Waals surface area (Å²) in [6.45, 7) is 3.48. The predicted molar refractivity (Wildman–Crippen MR) is 101 cm³/mol. The van der Waals surface area contributed by atoms with Crippen molar-refractivity contribution in [3.05, 3.63) is 59.2 Å². The molecule has 0 saturated heterocycles. The van der Waals surface area contributed by atoms with Crippen molar-refractivity contribution in [2.45, 2.75) is 30.4 Å². The van der Waals surface area contributed by atoms with E-state index in [4.69, 9.17) is 4.74 Å². The molecule has 0 spiro atoms. The molecule has 0 radical (unpaired) electrons. The molecule has 0 saturated carbocycles. The number of Topliss-reactive ketones (excluding diaryl/α,β-unsaturated/α-hetero) is 1. The summed E-state index contributed by atoms with van der Waals surface area (Å²) in [6, 6.07) is 12.9. The number of fused-ring (bicyclic) bond motifs is 1. The van der Waals surface area contributed by atoms with Crippen LogP contribution in [0.3, 0.4) is 0 Å². The van der Waals surface area contributed by atoms with Gasteiger partial charge >= 0.3 is 5.97 Å². The van der Waals surface area contributed by atoms with Gasteiger partial charge in [0.1, 0.15) is 0 Å². The smallest absolute Gasteiger partial charge is 0.307 e. The molecule has 0 bridgehead atoms. The summed E-state index contributed by atoms with van der Waals surface area (Å²) in [6.07, 6.45) is -0.0784. The second-order valence-corrected chi connectivity index (χ2v) is 7.44. The van der Waals surface area contributed by atoms with E-state index in [2.05, 4.69) is 5.32 Å². The Morgan fingerprint density at radius 2 is 1.92 bits per heavy atom. The molecule has 1 amide bonds. The Morgan fingerprint density at radius 1 is 1.15 bits per heavy atom. The van der Waals surface area contributed by atoms with Crippen LogP contribution < -0.4 is 5.32 Å². The molecule has 2 aromatic rings. The van der Waals surface area contributed by atoms with E-state index in [1.165, 1.54) is 11.8 Å². The highest BCUT2D eigenvalue weighted by Gasteiger charge is 2.29. The molecule has 6 heteroatoms. The van der Waals surface area contributed by atoms with Gasteiger partial charge in [0.25, 0.3) is 0 Å². The van der Waals surface area contributed by atoms with Crippen LogP contribution in [0.5, 0.6) is 0 Å². The molecule has 0 fully saturated rings. The van der Waals surface area contributed by atoms with Crippen LogP contribution in [0.2, 0.25) is 0 Å². The molecule has 3 rings (SSSR count). The fraction of sp³-hybridized carbons (Fsp3) is 0.250. The summed E-state index contributed by atoms with van der Waals surface area (Å²) in [4.78, 5) is 37.4. The van der Waals surface area contributed by atoms with Crippen molar-refractivity contribution in [3.8, 4) is 0 Å². The van der Waals surface area contributed by atoms with Gasteiger partial charge in [-0.25, -0.2) is 0 Å². The van der Waals surface area contributed by atoms with Crippen molar-refractivity contribution < 1.29 is 19.1 Å². The van der Waals surface area contributed by atoms with Gasteiger partial charge in [-0.2, -0.15) is 0 Å². The summed E-state index contributed by atoms with van der Waals surface area (Å²) < 4.78 is 5.10. The lowest BCUT2D eigenvalue weighted by Crippen LogP contribution is -2.31. The number of rotatable bonds is 5. The number of hydrogen-bond donors (Lipinski definition) is 1. The highest BCUT2D eigenvalue weighted by molar-refractivity contribution is 8.01. The van der Waals surface area contributed by atoms with Gasteiger partial charge in [0.15, 0.2) is 6.61 Å². The quantitative estimate of drug-likeness (QED) is 0.645. The van der Waals surface area contributed by atoms with Crippen molar-refractivity contribution >= 4 is 35.1 Å². The highest BCUT2D eigenvalue weighted by atomic mass is 32.2. The molecule has 0 aliphatic carbocycles. The molecular weight excluding hydrogens is 350 g/mol. The van der Waals surface area contributed by atoms with Crippen LogP contribution in [0.4, 0.5) is 5.69 Å². The zero-order chi connectivity index (χ0) is 18.7. The maximum atomic E-state index is 12.2. The minimum atomic E-state index is -0.561. The number of benzene rings is 2. The summed E-state index contributed by atoms with van der Waals surface area (Å²) in [7, 11) is 0. The van der Waals surface area contributed by atoms with Gasteiger partial charge in [-0.05, 0) is 31.5 Å². The average molecular weight is 369 g/mol. The van der Waals surface area contributed by atoms with Gasteiger partial charge in [-0.15, -0.1) is 11.8 Å². The van der Waals surface area contributed by atoms with Crippen LogP contribution in [0.25, 0.3) is 0 Å². The maximum absolute atomic E-state index is 12.2. The monoisotopic (exact) mass is 369 g/mol. The van der Waals surface area contributed by atoms with Gasteiger partial charge in [0, 0.05) is 10.5 Å². The van der Waals surface area contributed by atoms with E-state index in [9.17, 15) is 14.4 Å². The number of hydrogen-bond acceptors (Lipinski definition) is 5. The molecule has 2 aromatic carbocycles. The number of amides is 1. The number of nitrogens with one attached hydrogen (secondary N) is 1. The first kappa shape index (κ1) is 18.2. The zero-order valence-electron chi connectivity index (χ0n) is 14.6. The molecule has 5 nitrogen and oxygen atoms in total. The van der Waals surface area contributed by atoms with E-state index < -0.39 is 11.2 Å². The Morgan fingerprint density at radius 3 is 2.69 bits per heavy atom. The van der Waals surface area contributed by atoms with Gasteiger partial charge in [0.2, 0.25) is 11.7 Å². The molecule has 0 aromatic heterocycles. The predicted octanol–water partition coefficient (Wildman–Crippen LogP) is 3.53. The van der Waals surface area contributed by atoms with Crippen LogP contribution in [-0.4, -0.2) is 29.5 Å². The van der Waals surface area contributed by atoms with Crippen LogP contribution in [0.1, 0.15) is 27.9 Å². The average Bonchev–Trinajstić information content (AvgIpc) is 2.60.